The Labute approximate surface area is 167 Å². The van der Waals surface area contributed by atoms with E-state index < -0.39 is 0 Å². The lowest BCUT2D eigenvalue weighted by Crippen LogP contribution is -2.27. The summed E-state index contributed by atoms with van der Waals surface area (Å²) in [5.74, 6) is 1.78. The van der Waals surface area contributed by atoms with Crippen LogP contribution in [0, 0.1) is 5.92 Å². The summed E-state index contributed by atoms with van der Waals surface area (Å²) in [7, 11) is 0. The lowest BCUT2D eigenvalue weighted by molar-refractivity contribution is 0.0949. The summed E-state index contributed by atoms with van der Waals surface area (Å²) in [5.41, 5.74) is 2.60. The Hall–Kier alpha value is -2.95. The van der Waals surface area contributed by atoms with Gasteiger partial charge in [-0.15, -0.1) is 0 Å². The molecule has 0 aliphatic rings. The molecule has 0 heterocycles. The van der Waals surface area contributed by atoms with Crippen LogP contribution in [-0.2, 0) is 6.54 Å². The number of anilines is 1. The SMILES string of the molecule is C=CCOc1ccc(CNc2cccc(C(=O)NCC(C)C)c2)cc1OCC. The van der Waals surface area contributed by atoms with Gasteiger partial charge in [-0.25, -0.2) is 0 Å². The monoisotopic (exact) mass is 382 g/mol. The molecule has 5 nitrogen and oxygen atoms in total. The molecule has 0 spiro atoms. The molecule has 0 radical (unpaired) electrons. The van der Waals surface area contributed by atoms with Crippen LogP contribution in [-0.4, -0.2) is 25.7 Å². The van der Waals surface area contributed by atoms with Gasteiger partial charge in [0.25, 0.3) is 5.91 Å². The Kier molecular flexibility index (Phi) is 8.40. The molecule has 0 saturated heterocycles. The van der Waals surface area contributed by atoms with Gasteiger partial charge in [0.05, 0.1) is 6.61 Å². The maximum absolute atomic E-state index is 12.2. The lowest BCUT2D eigenvalue weighted by Gasteiger charge is -2.14. The quantitative estimate of drug-likeness (QED) is 0.556. The third-order valence-corrected chi connectivity index (χ3v) is 3.96. The van der Waals surface area contributed by atoms with Gasteiger partial charge in [0, 0.05) is 24.3 Å². The highest BCUT2D eigenvalue weighted by atomic mass is 16.5. The van der Waals surface area contributed by atoms with Gasteiger partial charge in [-0.05, 0) is 48.7 Å². The van der Waals surface area contributed by atoms with E-state index >= 15 is 0 Å². The van der Waals surface area contributed by atoms with E-state index in [9.17, 15) is 4.79 Å². The van der Waals surface area contributed by atoms with Gasteiger partial charge in [-0.2, -0.15) is 0 Å². The first kappa shape index (κ1) is 21.4. The van der Waals surface area contributed by atoms with E-state index in [-0.39, 0.29) is 5.91 Å². The van der Waals surface area contributed by atoms with Crippen molar-refractivity contribution in [2.45, 2.75) is 27.3 Å². The van der Waals surface area contributed by atoms with Gasteiger partial charge in [0.15, 0.2) is 11.5 Å². The summed E-state index contributed by atoms with van der Waals surface area (Å²) in [5, 5.41) is 6.30. The zero-order valence-corrected chi connectivity index (χ0v) is 17.0. The van der Waals surface area contributed by atoms with Crippen LogP contribution in [0.1, 0.15) is 36.7 Å². The van der Waals surface area contributed by atoms with Crippen molar-refractivity contribution >= 4 is 11.6 Å². The maximum Gasteiger partial charge on any atom is 0.251 e. The van der Waals surface area contributed by atoms with Crippen LogP contribution in [0.2, 0.25) is 0 Å². The Morgan fingerprint density at radius 1 is 1.14 bits per heavy atom. The molecule has 0 aliphatic heterocycles. The number of rotatable bonds is 11. The molecule has 0 unspecified atom stereocenters. The van der Waals surface area contributed by atoms with Crippen LogP contribution in [0.15, 0.2) is 55.1 Å². The summed E-state index contributed by atoms with van der Waals surface area (Å²) in [6, 6.07) is 13.4. The predicted molar refractivity (Wildman–Crippen MR) is 114 cm³/mol. The summed E-state index contributed by atoms with van der Waals surface area (Å²) in [4.78, 5) is 12.2. The topological polar surface area (TPSA) is 59.6 Å². The van der Waals surface area contributed by atoms with Crippen molar-refractivity contribution in [2.75, 3.05) is 25.1 Å². The summed E-state index contributed by atoms with van der Waals surface area (Å²) < 4.78 is 11.3. The smallest absolute Gasteiger partial charge is 0.251 e. The first-order chi connectivity index (χ1) is 13.5. The van der Waals surface area contributed by atoms with E-state index in [1.165, 1.54) is 0 Å². The average Bonchev–Trinajstić information content (AvgIpc) is 2.70. The highest BCUT2D eigenvalue weighted by Gasteiger charge is 2.08. The largest absolute Gasteiger partial charge is 0.490 e. The average molecular weight is 383 g/mol. The van der Waals surface area contributed by atoms with Crippen LogP contribution in [0.25, 0.3) is 0 Å². The molecule has 2 aromatic carbocycles. The van der Waals surface area contributed by atoms with Crippen molar-refractivity contribution < 1.29 is 14.3 Å². The Bertz CT molecular complexity index is 787. The molecule has 0 fully saturated rings. The molecule has 1 amide bonds. The van der Waals surface area contributed by atoms with Crippen molar-refractivity contribution in [1.82, 2.24) is 5.32 Å². The second-order valence-electron chi connectivity index (χ2n) is 6.85. The van der Waals surface area contributed by atoms with E-state index in [0.717, 1.165) is 11.3 Å². The summed E-state index contributed by atoms with van der Waals surface area (Å²) in [6.45, 7) is 12.0. The number of ether oxygens (including phenoxy) is 2. The van der Waals surface area contributed by atoms with Gasteiger partial charge in [0.2, 0.25) is 0 Å². The predicted octanol–water partition coefficient (Wildman–Crippen LogP) is 4.65. The molecular formula is C23H30N2O3. The molecule has 0 saturated carbocycles. The normalized spacial score (nSPS) is 10.4. The minimum atomic E-state index is -0.0558. The van der Waals surface area contributed by atoms with E-state index in [1.807, 2.05) is 49.4 Å². The highest BCUT2D eigenvalue weighted by molar-refractivity contribution is 5.95. The molecule has 28 heavy (non-hydrogen) atoms. The lowest BCUT2D eigenvalue weighted by atomic mass is 10.1. The van der Waals surface area contributed by atoms with Crippen LogP contribution in [0.5, 0.6) is 11.5 Å². The zero-order chi connectivity index (χ0) is 20.4. The number of carbonyl (C=O) groups is 1. The van der Waals surface area contributed by atoms with Crippen molar-refractivity contribution in [1.29, 1.82) is 0 Å². The number of carbonyl (C=O) groups excluding carboxylic acids is 1. The molecule has 0 bridgehead atoms. The van der Waals surface area contributed by atoms with Crippen LogP contribution in [0.3, 0.4) is 0 Å². The Balaban J connectivity index is 2.03. The number of benzene rings is 2. The second-order valence-corrected chi connectivity index (χ2v) is 6.85. The van der Waals surface area contributed by atoms with Crippen molar-refractivity contribution in [2.24, 2.45) is 5.92 Å². The van der Waals surface area contributed by atoms with E-state index in [0.29, 0.717) is 49.3 Å². The zero-order valence-electron chi connectivity index (χ0n) is 17.0. The second kappa shape index (κ2) is 11.0. The first-order valence-electron chi connectivity index (χ1n) is 9.65. The molecular weight excluding hydrogens is 352 g/mol. The van der Waals surface area contributed by atoms with Gasteiger partial charge in [0.1, 0.15) is 6.61 Å². The molecule has 150 valence electrons. The molecule has 5 heteroatoms. The number of amides is 1. The minimum absolute atomic E-state index is 0.0558. The highest BCUT2D eigenvalue weighted by Crippen LogP contribution is 2.29. The van der Waals surface area contributed by atoms with Crippen LogP contribution >= 0.6 is 0 Å². The molecule has 2 rings (SSSR count). The van der Waals surface area contributed by atoms with Crippen molar-refractivity contribution in [3.05, 3.63) is 66.2 Å². The van der Waals surface area contributed by atoms with Gasteiger partial charge in [-0.3, -0.25) is 4.79 Å². The standard InChI is InChI=1S/C23H30N2O3/c1-5-12-28-21-11-10-18(13-22(21)27-6-2)16-24-20-9-7-8-19(14-20)23(26)25-15-17(3)4/h5,7-11,13-14,17,24H,1,6,12,15-16H2,2-4H3,(H,25,26). The first-order valence-corrected chi connectivity index (χ1v) is 9.65. The van der Waals surface area contributed by atoms with Gasteiger partial charge in [-0.1, -0.05) is 38.6 Å². The molecule has 0 aliphatic carbocycles. The van der Waals surface area contributed by atoms with E-state index in [1.54, 1.807) is 6.08 Å². The fraction of sp³-hybridized carbons (Fsp3) is 0.348. The van der Waals surface area contributed by atoms with E-state index in [2.05, 4.69) is 31.1 Å². The molecule has 2 N–H and O–H groups in total. The molecule has 0 atom stereocenters. The minimum Gasteiger partial charge on any atom is -0.490 e. The fourth-order valence-corrected chi connectivity index (χ4v) is 2.57. The Morgan fingerprint density at radius 3 is 2.68 bits per heavy atom. The number of hydrogen-bond acceptors (Lipinski definition) is 4. The Morgan fingerprint density at radius 2 is 1.96 bits per heavy atom. The van der Waals surface area contributed by atoms with Crippen molar-refractivity contribution in [3.8, 4) is 11.5 Å². The fourth-order valence-electron chi connectivity index (χ4n) is 2.57. The molecule has 2 aromatic rings. The summed E-state index contributed by atoms with van der Waals surface area (Å²) >= 11 is 0. The number of hydrogen-bond donors (Lipinski definition) is 2. The van der Waals surface area contributed by atoms with Crippen molar-refractivity contribution in [3.63, 3.8) is 0 Å². The van der Waals surface area contributed by atoms with E-state index in [4.69, 9.17) is 9.47 Å². The van der Waals surface area contributed by atoms with Gasteiger partial charge >= 0.3 is 0 Å². The third-order valence-electron chi connectivity index (χ3n) is 3.96. The molecule has 0 aromatic heterocycles. The summed E-state index contributed by atoms with van der Waals surface area (Å²) in [6.07, 6.45) is 1.70. The maximum atomic E-state index is 12.2. The third kappa shape index (κ3) is 6.65. The van der Waals surface area contributed by atoms with Crippen LogP contribution in [0.4, 0.5) is 5.69 Å². The van der Waals surface area contributed by atoms with Crippen LogP contribution < -0.4 is 20.1 Å². The van der Waals surface area contributed by atoms with Gasteiger partial charge < -0.3 is 20.1 Å². The number of nitrogens with one attached hydrogen (secondary N) is 2.